The summed E-state index contributed by atoms with van der Waals surface area (Å²) in [5.41, 5.74) is -0.481. The maximum Gasteiger partial charge on any atom is 0.510 e. The summed E-state index contributed by atoms with van der Waals surface area (Å²) in [6, 6.07) is 0.549. The van der Waals surface area contributed by atoms with E-state index in [-0.39, 0.29) is 6.23 Å². The fraction of sp³-hybridized carbons (Fsp3) is 0.917. The lowest BCUT2D eigenvalue weighted by molar-refractivity contribution is -0.0312. The van der Waals surface area contributed by atoms with E-state index in [4.69, 9.17) is 9.47 Å². The van der Waals surface area contributed by atoms with Crippen LogP contribution in [0.3, 0.4) is 0 Å². The Morgan fingerprint density at radius 1 is 1.31 bits per heavy atom. The van der Waals surface area contributed by atoms with Crippen molar-refractivity contribution in [2.45, 2.75) is 64.3 Å². The minimum Gasteiger partial charge on any atom is -0.429 e. The number of hydrogen-bond acceptors (Lipinski definition) is 4. The highest BCUT2D eigenvalue weighted by atomic mass is 16.7. The highest BCUT2D eigenvalue weighted by Crippen LogP contribution is 2.35. The van der Waals surface area contributed by atoms with Gasteiger partial charge in [0.25, 0.3) is 0 Å². The van der Waals surface area contributed by atoms with E-state index in [1.54, 1.807) is 0 Å². The van der Waals surface area contributed by atoms with Crippen LogP contribution < -0.4 is 5.32 Å². The molecule has 2 aliphatic rings. The van der Waals surface area contributed by atoms with Crippen molar-refractivity contribution in [1.82, 2.24) is 5.32 Å². The molecule has 2 rings (SSSR count). The molecule has 0 spiro atoms. The Kier molecular flexibility index (Phi) is 3.10. The second-order valence-electron chi connectivity index (χ2n) is 5.77. The number of carbonyl (C=O) groups excluding carboxylic acids is 1. The maximum absolute atomic E-state index is 11.4. The number of nitrogens with one attached hydrogen (secondary N) is 1. The first-order valence-corrected chi connectivity index (χ1v) is 6.10. The Hall–Kier alpha value is -0.770. The third kappa shape index (κ3) is 2.88. The summed E-state index contributed by atoms with van der Waals surface area (Å²) in [7, 11) is 0. The van der Waals surface area contributed by atoms with Crippen molar-refractivity contribution in [3.05, 3.63) is 0 Å². The lowest BCUT2D eigenvalue weighted by Crippen LogP contribution is -2.35. The first kappa shape index (κ1) is 11.7. The lowest BCUT2D eigenvalue weighted by atomic mass is 10.0. The first-order chi connectivity index (χ1) is 7.44. The van der Waals surface area contributed by atoms with Crippen molar-refractivity contribution in [2.75, 3.05) is 0 Å². The van der Waals surface area contributed by atoms with E-state index in [1.807, 2.05) is 20.8 Å². The van der Waals surface area contributed by atoms with E-state index in [9.17, 15) is 4.79 Å². The summed E-state index contributed by atoms with van der Waals surface area (Å²) in [4.78, 5) is 11.4. The second-order valence-corrected chi connectivity index (χ2v) is 5.77. The predicted molar refractivity (Wildman–Crippen MR) is 60.0 cm³/mol. The van der Waals surface area contributed by atoms with Crippen LogP contribution in [0.4, 0.5) is 4.79 Å². The Morgan fingerprint density at radius 2 is 2.06 bits per heavy atom. The van der Waals surface area contributed by atoms with Gasteiger partial charge in [-0.25, -0.2) is 4.79 Å². The molecule has 1 heterocycles. The van der Waals surface area contributed by atoms with Crippen molar-refractivity contribution in [3.8, 4) is 0 Å². The van der Waals surface area contributed by atoms with Crippen molar-refractivity contribution in [2.24, 2.45) is 5.92 Å². The summed E-state index contributed by atoms with van der Waals surface area (Å²) < 4.78 is 10.4. The van der Waals surface area contributed by atoms with Gasteiger partial charge in [0, 0.05) is 12.5 Å². The molecule has 1 saturated carbocycles. The zero-order valence-corrected chi connectivity index (χ0v) is 10.3. The second kappa shape index (κ2) is 4.24. The number of hydrogen-bond donors (Lipinski definition) is 1. The van der Waals surface area contributed by atoms with E-state index in [1.165, 1.54) is 19.3 Å². The van der Waals surface area contributed by atoms with Gasteiger partial charge in [0.05, 0.1) is 0 Å². The third-order valence-electron chi connectivity index (χ3n) is 3.20. The molecular formula is C12H21NO3. The molecule has 1 aliphatic carbocycles. The molecule has 4 nitrogen and oxygen atoms in total. The molecule has 92 valence electrons. The molecule has 0 radical (unpaired) electrons. The molecule has 1 N–H and O–H groups in total. The van der Waals surface area contributed by atoms with Gasteiger partial charge >= 0.3 is 6.16 Å². The summed E-state index contributed by atoms with van der Waals surface area (Å²) in [6.07, 6.45) is 3.98. The summed E-state index contributed by atoms with van der Waals surface area (Å²) in [5.74, 6) is 0.687. The molecule has 0 bridgehead atoms. The standard InChI is InChI=1S/C12H21NO3/c1-12(2,3)16-11(14)15-10-7-8-5-4-6-9(8)13-10/h8-10,13H,4-7H2,1-3H3/t8?,9-,10?/m1/s1. The average Bonchev–Trinajstić information content (AvgIpc) is 2.58. The summed E-state index contributed by atoms with van der Waals surface area (Å²) in [6.45, 7) is 5.52. The van der Waals surface area contributed by atoms with E-state index in [2.05, 4.69) is 5.32 Å². The average molecular weight is 227 g/mol. The normalized spacial score (nSPS) is 33.6. The molecule has 3 atom stereocenters. The van der Waals surface area contributed by atoms with Crippen LogP contribution in [0.25, 0.3) is 0 Å². The van der Waals surface area contributed by atoms with Crippen molar-refractivity contribution in [1.29, 1.82) is 0 Å². The minimum atomic E-state index is -0.565. The number of fused-ring (bicyclic) bond motifs is 1. The minimum absolute atomic E-state index is 0.148. The van der Waals surface area contributed by atoms with Gasteiger partial charge in [-0.15, -0.1) is 0 Å². The lowest BCUT2D eigenvalue weighted by Gasteiger charge is -2.21. The molecule has 0 aromatic heterocycles. The Labute approximate surface area is 96.7 Å². The Balaban J connectivity index is 1.77. The zero-order valence-electron chi connectivity index (χ0n) is 10.3. The molecule has 2 unspecified atom stereocenters. The van der Waals surface area contributed by atoms with Gasteiger partial charge in [-0.3, -0.25) is 5.32 Å². The molecule has 0 aromatic rings. The highest BCUT2D eigenvalue weighted by molar-refractivity contribution is 5.60. The fourth-order valence-corrected chi connectivity index (χ4v) is 2.59. The molecule has 0 amide bonds. The topological polar surface area (TPSA) is 47.6 Å². The summed E-state index contributed by atoms with van der Waals surface area (Å²) >= 11 is 0. The van der Waals surface area contributed by atoms with Crippen LogP contribution in [0.15, 0.2) is 0 Å². The maximum atomic E-state index is 11.4. The van der Waals surface area contributed by atoms with Crippen LogP contribution >= 0.6 is 0 Å². The Bertz CT molecular complexity index is 260. The molecular weight excluding hydrogens is 206 g/mol. The zero-order chi connectivity index (χ0) is 11.8. The van der Waals surface area contributed by atoms with Gasteiger partial charge in [-0.1, -0.05) is 6.42 Å². The predicted octanol–water partition coefficient (Wildman–Crippen LogP) is 2.43. The van der Waals surface area contributed by atoms with Crippen LogP contribution in [-0.4, -0.2) is 24.0 Å². The van der Waals surface area contributed by atoms with Crippen molar-refractivity contribution in [3.63, 3.8) is 0 Å². The van der Waals surface area contributed by atoms with Crippen LogP contribution in [-0.2, 0) is 9.47 Å². The van der Waals surface area contributed by atoms with Crippen LogP contribution in [0.5, 0.6) is 0 Å². The molecule has 2 fully saturated rings. The van der Waals surface area contributed by atoms with Crippen molar-refractivity contribution < 1.29 is 14.3 Å². The molecule has 1 saturated heterocycles. The summed E-state index contributed by atoms with van der Waals surface area (Å²) in [5, 5.41) is 3.35. The SMILES string of the molecule is CC(C)(C)OC(=O)OC1CC2CCC[C@H]2N1. The van der Waals surface area contributed by atoms with Crippen LogP contribution in [0.1, 0.15) is 46.5 Å². The van der Waals surface area contributed by atoms with Crippen molar-refractivity contribution >= 4 is 6.16 Å². The van der Waals surface area contributed by atoms with E-state index < -0.39 is 11.8 Å². The fourth-order valence-electron chi connectivity index (χ4n) is 2.59. The number of rotatable bonds is 1. The molecule has 0 aromatic carbocycles. The largest absolute Gasteiger partial charge is 0.510 e. The molecule has 4 heteroatoms. The van der Waals surface area contributed by atoms with Gasteiger partial charge in [0.15, 0.2) is 6.23 Å². The number of ether oxygens (including phenoxy) is 2. The van der Waals surface area contributed by atoms with Gasteiger partial charge in [-0.2, -0.15) is 0 Å². The van der Waals surface area contributed by atoms with Gasteiger partial charge in [0.1, 0.15) is 5.60 Å². The molecule has 1 aliphatic heterocycles. The third-order valence-corrected chi connectivity index (χ3v) is 3.20. The van der Waals surface area contributed by atoms with Gasteiger partial charge in [0.2, 0.25) is 0 Å². The smallest absolute Gasteiger partial charge is 0.429 e. The van der Waals surface area contributed by atoms with E-state index in [0.29, 0.717) is 12.0 Å². The van der Waals surface area contributed by atoms with Crippen LogP contribution in [0, 0.1) is 5.92 Å². The van der Waals surface area contributed by atoms with E-state index in [0.717, 1.165) is 6.42 Å². The number of carbonyl (C=O) groups is 1. The Morgan fingerprint density at radius 3 is 2.69 bits per heavy atom. The van der Waals surface area contributed by atoms with Crippen LogP contribution in [0.2, 0.25) is 0 Å². The van der Waals surface area contributed by atoms with Gasteiger partial charge in [-0.05, 0) is 39.5 Å². The highest BCUT2D eigenvalue weighted by Gasteiger charge is 2.38. The first-order valence-electron chi connectivity index (χ1n) is 6.10. The van der Waals surface area contributed by atoms with Gasteiger partial charge < -0.3 is 9.47 Å². The van der Waals surface area contributed by atoms with E-state index >= 15 is 0 Å². The monoisotopic (exact) mass is 227 g/mol. The molecule has 16 heavy (non-hydrogen) atoms. The quantitative estimate of drug-likeness (QED) is 0.699.